The lowest BCUT2D eigenvalue weighted by Crippen LogP contribution is -2.31. The zero-order chi connectivity index (χ0) is 27.4. The average Bonchev–Trinajstić information content (AvgIpc) is 2.86. The van der Waals surface area contributed by atoms with Crippen LogP contribution in [0, 0.1) is 27.7 Å². The molecule has 0 spiro atoms. The van der Waals surface area contributed by atoms with Crippen molar-refractivity contribution in [3.63, 3.8) is 0 Å². The predicted molar refractivity (Wildman–Crippen MR) is 141 cm³/mol. The third kappa shape index (κ3) is 5.94. The smallest absolute Gasteiger partial charge is 0.316 e. The number of aromatic nitrogens is 4. The quantitative estimate of drug-likeness (QED) is 0.348. The van der Waals surface area contributed by atoms with Crippen molar-refractivity contribution >= 4 is 15.9 Å². The molecule has 0 saturated heterocycles. The summed E-state index contributed by atoms with van der Waals surface area (Å²) in [4.78, 5) is 30.1. The van der Waals surface area contributed by atoms with Gasteiger partial charge >= 0.3 is 6.01 Å². The van der Waals surface area contributed by atoms with Gasteiger partial charge in [0.25, 0.3) is 15.9 Å². The van der Waals surface area contributed by atoms with Crippen LogP contribution >= 0.6 is 0 Å². The summed E-state index contributed by atoms with van der Waals surface area (Å²) in [5.41, 5.74) is 4.12. The molecule has 0 unspecified atom stereocenters. The molecule has 0 radical (unpaired) electrons. The van der Waals surface area contributed by atoms with Crippen LogP contribution in [0.25, 0.3) is 11.3 Å². The van der Waals surface area contributed by atoms with Crippen LogP contribution in [0.2, 0.25) is 0 Å². The Kier molecular flexibility index (Phi) is 7.67. The highest BCUT2D eigenvalue weighted by atomic mass is 32.2. The van der Waals surface area contributed by atoms with Crippen LogP contribution in [0.1, 0.15) is 39.7 Å². The molecule has 0 saturated carbocycles. The van der Waals surface area contributed by atoms with Crippen molar-refractivity contribution in [1.82, 2.24) is 24.7 Å². The SMILES string of the molecule is CCOc1ncc(-c2ccc(C(=O)NS(=O)(=O)c3cccc(C)n3)c(Oc3c(C)cc(C)cc3C)n2)cn1. The molecule has 38 heavy (non-hydrogen) atoms. The molecule has 0 atom stereocenters. The molecule has 0 bridgehead atoms. The molecule has 1 N–H and O–H groups in total. The van der Waals surface area contributed by atoms with Crippen molar-refractivity contribution in [2.24, 2.45) is 0 Å². The number of ether oxygens (including phenoxy) is 2. The van der Waals surface area contributed by atoms with E-state index in [1.807, 2.05) is 39.8 Å². The number of nitrogens with zero attached hydrogens (tertiary/aromatic N) is 4. The first-order chi connectivity index (χ1) is 18.1. The van der Waals surface area contributed by atoms with Crippen molar-refractivity contribution in [2.75, 3.05) is 6.61 Å². The van der Waals surface area contributed by atoms with Gasteiger partial charge in [-0.2, -0.15) is 8.42 Å². The fourth-order valence-electron chi connectivity index (χ4n) is 3.83. The molecule has 3 aromatic heterocycles. The third-order valence-corrected chi connectivity index (χ3v) is 6.70. The molecular weight excluding hydrogens is 506 g/mol. The van der Waals surface area contributed by atoms with E-state index in [9.17, 15) is 13.2 Å². The summed E-state index contributed by atoms with van der Waals surface area (Å²) in [5, 5.41) is -0.269. The Balaban J connectivity index is 1.75. The van der Waals surface area contributed by atoms with Crippen LogP contribution < -0.4 is 14.2 Å². The minimum atomic E-state index is -4.24. The van der Waals surface area contributed by atoms with Gasteiger partial charge < -0.3 is 9.47 Å². The van der Waals surface area contributed by atoms with Crippen LogP contribution in [0.5, 0.6) is 17.6 Å². The van der Waals surface area contributed by atoms with Gasteiger partial charge in [0.05, 0.1) is 12.3 Å². The number of hydrogen-bond acceptors (Lipinski definition) is 9. The summed E-state index contributed by atoms with van der Waals surface area (Å²) in [5.74, 6) is -0.468. The Morgan fingerprint density at radius 1 is 0.947 bits per heavy atom. The van der Waals surface area contributed by atoms with E-state index in [-0.39, 0.29) is 22.5 Å². The van der Waals surface area contributed by atoms with Gasteiger partial charge in [0.1, 0.15) is 11.3 Å². The Morgan fingerprint density at radius 3 is 2.26 bits per heavy atom. The molecule has 0 aliphatic heterocycles. The van der Waals surface area contributed by atoms with Gasteiger partial charge in [0, 0.05) is 23.7 Å². The number of rotatable bonds is 8. The van der Waals surface area contributed by atoms with Crippen molar-refractivity contribution < 1.29 is 22.7 Å². The largest absolute Gasteiger partial charge is 0.464 e. The fourth-order valence-corrected chi connectivity index (χ4v) is 4.81. The van der Waals surface area contributed by atoms with E-state index in [1.54, 1.807) is 37.5 Å². The van der Waals surface area contributed by atoms with Crippen LogP contribution in [-0.4, -0.2) is 40.9 Å². The van der Waals surface area contributed by atoms with Crippen LogP contribution in [0.4, 0.5) is 0 Å². The number of carbonyl (C=O) groups excluding carboxylic acids is 1. The molecule has 10 nitrogen and oxygen atoms in total. The Morgan fingerprint density at radius 2 is 1.63 bits per heavy atom. The second-order valence-electron chi connectivity index (χ2n) is 8.62. The highest BCUT2D eigenvalue weighted by Crippen LogP contribution is 2.32. The normalized spacial score (nSPS) is 11.2. The number of nitrogens with one attached hydrogen (secondary N) is 1. The topological polar surface area (TPSA) is 133 Å². The van der Waals surface area contributed by atoms with Crippen LogP contribution in [0.3, 0.4) is 0 Å². The number of carbonyl (C=O) groups is 1. The molecule has 1 aromatic carbocycles. The first-order valence-corrected chi connectivity index (χ1v) is 13.3. The summed E-state index contributed by atoms with van der Waals surface area (Å²) in [7, 11) is -4.24. The summed E-state index contributed by atoms with van der Waals surface area (Å²) < 4.78 is 39.3. The van der Waals surface area contributed by atoms with Gasteiger partial charge in [-0.15, -0.1) is 0 Å². The molecule has 4 aromatic rings. The number of aryl methyl sites for hydroxylation is 4. The van der Waals surface area contributed by atoms with E-state index in [0.29, 0.717) is 29.3 Å². The average molecular weight is 534 g/mol. The standard InChI is InChI=1S/C27H27N5O5S/c1-6-36-27-28-14-20(15-29-27)22-11-10-21(25(33)32-38(34,35)23-9-7-8-19(5)30-23)26(31-22)37-24-17(3)12-16(2)13-18(24)4/h7-15H,6H2,1-5H3,(H,32,33). The van der Waals surface area contributed by atoms with Crippen LogP contribution in [0.15, 0.2) is 59.9 Å². The number of sulfonamides is 1. The lowest BCUT2D eigenvalue weighted by molar-refractivity contribution is 0.0978. The van der Waals surface area contributed by atoms with Gasteiger partial charge in [-0.25, -0.2) is 24.7 Å². The van der Waals surface area contributed by atoms with Gasteiger partial charge in [0.2, 0.25) is 5.88 Å². The molecular formula is C27H27N5O5S. The Hall–Kier alpha value is -4.38. The monoisotopic (exact) mass is 533 g/mol. The van der Waals surface area contributed by atoms with E-state index in [1.165, 1.54) is 12.1 Å². The van der Waals surface area contributed by atoms with Crippen molar-refractivity contribution in [3.05, 3.63) is 82.8 Å². The summed E-state index contributed by atoms with van der Waals surface area (Å²) >= 11 is 0. The number of benzene rings is 1. The van der Waals surface area contributed by atoms with Crippen LogP contribution in [-0.2, 0) is 10.0 Å². The maximum absolute atomic E-state index is 13.2. The van der Waals surface area contributed by atoms with E-state index in [4.69, 9.17) is 9.47 Å². The predicted octanol–water partition coefficient (Wildman–Crippen LogP) is 4.48. The van der Waals surface area contributed by atoms with Gasteiger partial charge in [0.15, 0.2) is 5.03 Å². The van der Waals surface area contributed by atoms with E-state index < -0.39 is 15.9 Å². The fraction of sp³-hybridized carbons (Fsp3) is 0.222. The highest BCUT2D eigenvalue weighted by Gasteiger charge is 2.25. The van der Waals surface area contributed by atoms with Gasteiger partial charge in [-0.05, 0) is 70.0 Å². The third-order valence-electron chi connectivity index (χ3n) is 5.47. The Labute approximate surface area is 221 Å². The minimum Gasteiger partial charge on any atom is -0.464 e. The molecule has 0 aliphatic rings. The van der Waals surface area contributed by atoms with E-state index in [2.05, 4.69) is 24.7 Å². The maximum atomic E-state index is 13.2. The molecule has 4 rings (SSSR count). The zero-order valence-electron chi connectivity index (χ0n) is 21.6. The molecule has 0 fully saturated rings. The van der Waals surface area contributed by atoms with Gasteiger partial charge in [-0.3, -0.25) is 4.79 Å². The zero-order valence-corrected chi connectivity index (χ0v) is 22.5. The summed E-state index contributed by atoms with van der Waals surface area (Å²) in [6, 6.07) is 11.6. The minimum absolute atomic E-state index is 0.0728. The van der Waals surface area contributed by atoms with E-state index >= 15 is 0 Å². The molecule has 11 heteroatoms. The Bertz CT molecular complexity index is 1580. The molecule has 1 amide bonds. The lowest BCUT2D eigenvalue weighted by atomic mass is 10.1. The number of pyridine rings is 2. The lowest BCUT2D eigenvalue weighted by Gasteiger charge is -2.16. The van der Waals surface area contributed by atoms with E-state index in [0.717, 1.165) is 16.7 Å². The second kappa shape index (κ2) is 10.9. The highest BCUT2D eigenvalue weighted by molar-refractivity contribution is 7.90. The number of amides is 1. The van der Waals surface area contributed by atoms with Crippen molar-refractivity contribution in [1.29, 1.82) is 0 Å². The van der Waals surface area contributed by atoms with Gasteiger partial charge in [-0.1, -0.05) is 23.8 Å². The molecule has 3 heterocycles. The number of hydrogen-bond donors (Lipinski definition) is 1. The first kappa shape index (κ1) is 26.7. The summed E-state index contributed by atoms with van der Waals surface area (Å²) in [6.45, 7) is 9.65. The summed E-state index contributed by atoms with van der Waals surface area (Å²) in [6.07, 6.45) is 3.08. The first-order valence-electron chi connectivity index (χ1n) is 11.8. The maximum Gasteiger partial charge on any atom is 0.316 e. The van der Waals surface area contributed by atoms with Crippen molar-refractivity contribution in [2.45, 2.75) is 39.6 Å². The molecule has 0 aliphatic carbocycles. The second-order valence-corrected chi connectivity index (χ2v) is 10.2. The molecule has 196 valence electrons. The van der Waals surface area contributed by atoms with Crippen molar-refractivity contribution in [3.8, 4) is 28.9 Å².